The van der Waals surface area contributed by atoms with Crippen LogP contribution in [0.3, 0.4) is 0 Å². The molecule has 0 spiro atoms. The molecule has 7 nitrogen and oxygen atoms in total. The first-order valence-corrected chi connectivity index (χ1v) is 10.1. The van der Waals surface area contributed by atoms with Gasteiger partial charge in [0.05, 0.1) is 16.8 Å². The van der Waals surface area contributed by atoms with Crippen molar-refractivity contribution in [1.82, 2.24) is 0 Å². The molecule has 0 atom stereocenters. The highest BCUT2D eigenvalue weighted by Crippen LogP contribution is 2.31. The van der Waals surface area contributed by atoms with E-state index >= 15 is 0 Å². The molecule has 5 rings (SSSR count). The Bertz CT molecular complexity index is 1250. The number of amides is 3. The summed E-state index contributed by atoms with van der Waals surface area (Å²) in [6, 6.07) is 18.8. The van der Waals surface area contributed by atoms with E-state index in [1.165, 1.54) is 6.08 Å². The Balaban J connectivity index is 1.30. The van der Waals surface area contributed by atoms with Crippen LogP contribution in [0.25, 0.3) is 6.08 Å². The number of rotatable bonds is 4. The van der Waals surface area contributed by atoms with Crippen LogP contribution in [-0.4, -0.2) is 30.9 Å². The molecule has 2 aliphatic rings. The summed E-state index contributed by atoms with van der Waals surface area (Å²) >= 11 is 0. The lowest BCUT2D eigenvalue weighted by Crippen LogP contribution is -2.29. The van der Waals surface area contributed by atoms with Crippen LogP contribution in [0.5, 0.6) is 11.5 Å². The third kappa shape index (κ3) is 3.60. The number of nitrogens with zero attached hydrogens (tertiary/aromatic N) is 1. The summed E-state index contributed by atoms with van der Waals surface area (Å²) < 4.78 is 11.0. The van der Waals surface area contributed by atoms with Crippen molar-refractivity contribution in [2.24, 2.45) is 0 Å². The van der Waals surface area contributed by atoms with Crippen LogP contribution in [0.4, 0.5) is 11.4 Å². The average Bonchev–Trinajstić information content (AvgIpc) is 3.08. The van der Waals surface area contributed by atoms with E-state index < -0.39 is 0 Å². The van der Waals surface area contributed by atoms with Gasteiger partial charge < -0.3 is 14.8 Å². The monoisotopic (exact) mass is 426 g/mol. The Hall–Kier alpha value is -4.39. The molecule has 0 unspecified atom stereocenters. The molecule has 2 heterocycles. The topological polar surface area (TPSA) is 84.9 Å². The predicted molar refractivity (Wildman–Crippen MR) is 119 cm³/mol. The molecule has 0 fully saturated rings. The number of ether oxygens (including phenoxy) is 2. The van der Waals surface area contributed by atoms with E-state index in [0.29, 0.717) is 47.2 Å². The minimum Gasteiger partial charge on any atom is -0.486 e. The number of carbonyl (C=O) groups is 3. The maximum absolute atomic E-state index is 12.7. The first kappa shape index (κ1) is 19.6. The Kier molecular flexibility index (Phi) is 4.91. The number of hydrogen-bond donors (Lipinski definition) is 1. The van der Waals surface area contributed by atoms with Crippen molar-refractivity contribution < 1.29 is 23.9 Å². The van der Waals surface area contributed by atoms with E-state index in [-0.39, 0.29) is 17.7 Å². The molecule has 32 heavy (non-hydrogen) atoms. The van der Waals surface area contributed by atoms with Crippen LogP contribution >= 0.6 is 0 Å². The Morgan fingerprint density at radius 1 is 0.844 bits per heavy atom. The average molecular weight is 426 g/mol. The zero-order valence-electron chi connectivity index (χ0n) is 16.9. The molecule has 158 valence electrons. The largest absolute Gasteiger partial charge is 0.486 e. The summed E-state index contributed by atoms with van der Waals surface area (Å²) in [6.07, 6.45) is 3.07. The molecular weight excluding hydrogens is 408 g/mol. The quantitative estimate of drug-likeness (QED) is 0.505. The number of carbonyl (C=O) groups excluding carboxylic acids is 3. The second kappa shape index (κ2) is 8.03. The Morgan fingerprint density at radius 3 is 2.31 bits per heavy atom. The third-order valence-corrected chi connectivity index (χ3v) is 5.16. The summed E-state index contributed by atoms with van der Waals surface area (Å²) in [5.41, 5.74) is 2.40. The van der Waals surface area contributed by atoms with Gasteiger partial charge in [-0.2, -0.15) is 0 Å². The minimum absolute atomic E-state index is 0.348. The van der Waals surface area contributed by atoms with Gasteiger partial charge in [0, 0.05) is 11.8 Å². The van der Waals surface area contributed by atoms with Crippen molar-refractivity contribution in [3.63, 3.8) is 0 Å². The van der Waals surface area contributed by atoms with Crippen molar-refractivity contribution in [2.75, 3.05) is 23.4 Å². The van der Waals surface area contributed by atoms with E-state index in [1.807, 2.05) is 6.07 Å². The molecule has 1 N–H and O–H groups in total. The lowest BCUT2D eigenvalue weighted by atomic mass is 10.1. The third-order valence-electron chi connectivity index (χ3n) is 5.16. The zero-order valence-corrected chi connectivity index (χ0v) is 16.9. The molecule has 0 aliphatic carbocycles. The molecule has 0 bridgehead atoms. The number of anilines is 2. The molecule has 2 aliphatic heterocycles. The zero-order chi connectivity index (χ0) is 22.1. The van der Waals surface area contributed by atoms with Crippen LogP contribution in [0.1, 0.15) is 26.3 Å². The molecule has 3 aromatic rings. The summed E-state index contributed by atoms with van der Waals surface area (Å²) in [5.74, 6) is 0.217. The van der Waals surface area contributed by atoms with Crippen molar-refractivity contribution in [2.45, 2.75) is 0 Å². The van der Waals surface area contributed by atoms with Crippen LogP contribution < -0.4 is 19.7 Å². The molecule has 0 radical (unpaired) electrons. The second-order valence-electron chi connectivity index (χ2n) is 7.27. The predicted octanol–water partition coefficient (Wildman–Crippen LogP) is 3.91. The highest BCUT2D eigenvalue weighted by atomic mass is 16.6. The van der Waals surface area contributed by atoms with Gasteiger partial charge in [0.2, 0.25) is 5.91 Å². The van der Waals surface area contributed by atoms with E-state index in [0.717, 1.165) is 10.5 Å². The van der Waals surface area contributed by atoms with Gasteiger partial charge in [-0.25, -0.2) is 4.90 Å². The fourth-order valence-electron chi connectivity index (χ4n) is 3.67. The van der Waals surface area contributed by atoms with Crippen molar-refractivity contribution in [1.29, 1.82) is 0 Å². The lowest BCUT2D eigenvalue weighted by Gasteiger charge is -2.18. The number of benzene rings is 3. The minimum atomic E-state index is -0.382. The number of imide groups is 1. The normalized spacial score (nSPS) is 14.6. The van der Waals surface area contributed by atoms with Crippen LogP contribution in [0.15, 0.2) is 72.8 Å². The summed E-state index contributed by atoms with van der Waals surface area (Å²) in [7, 11) is 0. The number of nitrogens with one attached hydrogen (secondary N) is 1. The molecule has 0 saturated carbocycles. The van der Waals surface area contributed by atoms with E-state index in [9.17, 15) is 14.4 Å². The number of fused-ring (bicyclic) bond motifs is 2. The lowest BCUT2D eigenvalue weighted by molar-refractivity contribution is -0.111. The van der Waals surface area contributed by atoms with Gasteiger partial charge in [-0.15, -0.1) is 0 Å². The maximum Gasteiger partial charge on any atom is 0.266 e. The molecule has 3 aromatic carbocycles. The summed E-state index contributed by atoms with van der Waals surface area (Å²) in [4.78, 5) is 38.9. The van der Waals surface area contributed by atoms with Gasteiger partial charge in [0.25, 0.3) is 11.8 Å². The Morgan fingerprint density at radius 2 is 1.56 bits per heavy atom. The standard InChI is InChI=1S/C25H18N2O5/c28-23(11-9-16-8-10-21-22(14-16)32-13-12-31-21)26-17-4-3-5-18(15-17)27-24(29)19-6-1-2-7-20(19)25(27)30/h1-11,14-15H,12-13H2,(H,26,28)/b11-9+. The van der Waals surface area contributed by atoms with Gasteiger partial charge in [-0.1, -0.05) is 24.3 Å². The highest BCUT2D eigenvalue weighted by Gasteiger charge is 2.36. The van der Waals surface area contributed by atoms with Gasteiger partial charge in [0.15, 0.2) is 11.5 Å². The van der Waals surface area contributed by atoms with Crippen LogP contribution in [-0.2, 0) is 4.79 Å². The first-order valence-electron chi connectivity index (χ1n) is 10.1. The summed E-state index contributed by atoms with van der Waals surface area (Å²) in [6.45, 7) is 1.01. The first-order chi connectivity index (χ1) is 15.6. The van der Waals surface area contributed by atoms with Crippen molar-refractivity contribution in [3.8, 4) is 11.5 Å². The molecule has 0 saturated heterocycles. The van der Waals surface area contributed by atoms with Crippen LogP contribution in [0.2, 0.25) is 0 Å². The van der Waals surface area contributed by atoms with Gasteiger partial charge >= 0.3 is 0 Å². The van der Waals surface area contributed by atoms with E-state index in [4.69, 9.17) is 9.47 Å². The molecule has 0 aromatic heterocycles. The Labute approximate surface area is 183 Å². The second-order valence-corrected chi connectivity index (χ2v) is 7.27. The fourth-order valence-corrected chi connectivity index (χ4v) is 3.67. The maximum atomic E-state index is 12.7. The smallest absolute Gasteiger partial charge is 0.266 e. The number of hydrogen-bond acceptors (Lipinski definition) is 5. The van der Waals surface area contributed by atoms with E-state index in [2.05, 4.69) is 5.32 Å². The van der Waals surface area contributed by atoms with Crippen molar-refractivity contribution >= 4 is 35.2 Å². The summed E-state index contributed by atoms with van der Waals surface area (Å²) in [5, 5.41) is 2.76. The molecule has 7 heteroatoms. The van der Waals surface area contributed by atoms with Crippen LogP contribution in [0, 0.1) is 0 Å². The van der Waals surface area contributed by atoms with Gasteiger partial charge in [-0.05, 0) is 54.1 Å². The fraction of sp³-hybridized carbons (Fsp3) is 0.0800. The van der Waals surface area contributed by atoms with Crippen molar-refractivity contribution in [3.05, 3.63) is 89.5 Å². The van der Waals surface area contributed by atoms with Gasteiger partial charge in [-0.3, -0.25) is 14.4 Å². The highest BCUT2D eigenvalue weighted by molar-refractivity contribution is 6.34. The SMILES string of the molecule is O=C(/C=C/c1ccc2c(c1)OCCO2)Nc1cccc(N2C(=O)c3ccccc3C2=O)c1. The molecular formula is C25H18N2O5. The van der Waals surface area contributed by atoms with Gasteiger partial charge in [0.1, 0.15) is 13.2 Å². The molecule has 3 amide bonds. The van der Waals surface area contributed by atoms with E-state index in [1.54, 1.807) is 66.7 Å².